The summed E-state index contributed by atoms with van der Waals surface area (Å²) >= 11 is 1.02. The molecule has 28 heavy (non-hydrogen) atoms. The van der Waals surface area contributed by atoms with E-state index in [9.17, 15) is 14.0 Å². The van der Waals surface area contributed by atoms with Gasteiger partial charge in [-0.05, 0) is 36.8 Å². The summed E-state index contributed by atoms with van der Waals surface area (Å²) in [6, 6.07) is 11.3. The number of thioether (sulfide) groups is 1. The zero-order chi connectivity index (χ0) is 19.9. The summed E-state index contributed by atoms with van der Waals surface area (Å²) < 4.78 is 29.5. The molecule has 0 unspecified atom stereocenters. The molecule has 1 amide bonds. The van der Waals surface area contributed by atoms with E-state index in [1.54, 1.807) is 24.3 Å². The number of hydrogen-bond donors (Lipinski definition) is 1. The van der Waals surface area contributed by atoms with E-state index in [0.717, 1.165) is 17.3 Å². The Hall–Kier alpha value is -2.74. The van der Waals surface area contributed by atoms with Crippen molar-refractivity contribution in [2.24, 2.45) is 0 Å². The molecule has 0 aliphatic carbocycles. The molecule has 1 atom stereocenters. The lowest BCUT2D eigenvalue weighted by molar-refractivity contribution is -0.146. The number of hydrogen-bond acceptors (Lipinski definition) is 6. The van der Waals surface area contributed by atoms with Crippen LogP contribution in [0.1, 0.15) is 18.5 Å². The van der Waals surface area contributed by atoms with Crippen LogP contribution < -0.4 is 14.8 Å². The second-order valence-electron chi connectivity index (χ2n) is 6.07. The van der Waals surface area contributed by atoms with Crippen molar-refractivity contribution in [1.82, 2.24) is 5.32 Å². The van der Waals surface area contributed by atoms with Crippen LogP contribution in [0.25, 0.3) is 0 Å². The summed E-state index contributed by atoms with van der Waals surface area (Å²) in [6.07, 6.45) is 0. The molecule has 2 aromatic carbocycles. The van der Waals surface area contributed by atoms with Crippen LogP contribution >= 0.6 is 11.8 Å². The smallest absolute Gasteiger partial charge is 0.316 e. The highest BCUT2D eigenvalue weighted by atomic mass is 32.2. The van der Waals surface area contributed by atoms with Gasteiger partial charge < -0.3 is 19.5 Å². The molecular formula is C20H20FNO5S. The highest BCUT2D eigenvalue weighted by Crippen LogP contribution is 2.32. The Morgan fingerprint density at radius 2 is 1.93 bits per heavy atom. The second-order valence-corrected chi connectivity index (χ2v) is 7.09. The molecule has 0 spiro atoms. The quantitative estimate of drug-likeness (QED) is 0.564. The number of rotatable bonds is 7. The zero-order valence-electron chi connectivity index (χ0n) is 15.3. The van der Waals surface area contributed by atoms with Crippen molar-refractivity contribution < 1.29 is 28.2 Å². The first-order chi connectivity index (χ1) is 13.5. The topological polar surface area (TPSA) is 73.9 Å². The van der Waals surface area contributed by atoms with Crippen LogP contribution in [0.3, 0.4) is 0 Å². The van der Waals surface area contributed by atoms with Gasteiger partial charge >= 0.3 is 5.97 Å². The van der Waals surface area contributed by atoms with E-state index in [1.165, 1.54) is 6.07 Å². The largest absolute Gasteiger partial charge is 0.486 e. The van der Waals surface area contributed by atoms with Gasteiger partial charge in [-0.1, -0.05) is 18.2 Å². The van der Waals surface area contributed by atoms with Gasteiger partial charge in [0.1, 0.15) is 19.0 Å². The SMILES string of the molecule is C[C@@H](NC(=O)COC(=O)CSc1ccccc1F)c1ccc2c(c1)OCCO2. The number of benzene rings is 2. The lowest BCUT2D eigenvalue weighted by Crippen LogP contribution is -2.31. The molecule has 1 heterocycles. The predicted molar refractivity (Wildman–Crippen MR) is 102 cm³/mol. The van der Waals surface area contributed by atoms with Crippen molar-refractivity contribution in [2.75, 3.05) is 25.6 Å². The number of fused-ring (bicyclic) bond motifs is 1. The van der Waals surface area contributed by atoms with Gasteiger partial charge in [-0.25, -0.2) is 4.39 Å². The van der Waals surface area contributed by atoms with Crippen LogP contribution in [0, 0.1) is 5.82 Å². The number of esters is 1. The highest BCUT2D eigenvalue weighted by molar-refractivity contribution is 8.00. The molecule has 1 aliphatic rings. The van der Waals surface area contributed by atoms with E-state index >= 15 is 0 Å². The Morgan fingerprint density at radius 1 is 1.18 bits per heavy atom. The summed E-state index contributed by atoms with van der Waals surface area (Å²) in [4.78, 5) is 24.2. The Morgan fingerprint density at radius 3 is 2.71 bits per heavy atom. The van der Waals surface area contributed by atoms with E-state index in [1.807, 2.05) is 19.1 Å². The van der Waals surface area contributed by atoms with Gasteiger partial charge in [-0.15, -0.1) is 11.8 Å². The van der Waals surface area contributed by atoms with E-state index in [4.69, 9.17) is 14.2 Å². The first-order valence-corrected chi connectivity index (χ1v) is 9.73. The van der Waals surface area contributed by atoms with E-state index in [0.29, 0.717) is 29.6 Å². The Kier molecular flexibility index (Phi) is 6.76. The second kappa shape index (κ2) is 9.45. The third-order valence-electron chi connectivity index (χ3n) is 3.99. The molecule has 1 aliphatic heterocycles. The van der Waals surface area contributed by atoms with E-state index in [-0.39, 0.29) is 11.8 Å². The Labute approximate surface area is 166 Å². The molecule has 0 saturated carbocycles. The average Bonchev–Trinajstić information content (AvgIpc) is 2.71. The predicted octanol–water partition coefficient (Wildman–Crippen LogP) is 3.11. The van der Waals surface area contributed by atoms with Gasteiger partial charge in [0.25, 0.3) is 5.91 Å². The van der Waals surface area contributed by atoms with Crippen LogP contribution in [-0.2, 0) is 14.3 Å². The summed E-state index contributed by atoms with van der Waals surface area (Å²) in [7, 11) is 0. The molecule has 8 heteroatoms. The number of amides is 1. The molecule has 0 bridgehead atoms. The third kappa shape index (κ3) is 5.39. The van der Waals surface area contributed by atoms with Crippen molar-refractivity contribution in [1.29, 1.82) is 0 Å². The van der Waals surface area contributed by atoms with Gasteiger partial charge in [0.2, 0.25) is 0 Å². The molecule has 1 N–H and O–H groups in total. The maximum absolute atomic E-state index is 13.5. The van der Waals surface area contributed by atoms with Crippen molar-refractivity contribution in [3.8, 4) is 11.5 Å². The number of nitrogens with one attached hydrogen (secondary N) is 1. The normalized spacial score (nSPS) is 13.5. The molecule has 0 radical (unpaired) electrons. The van der Waals surface area contributed by atoms with E-state index in [2.05, 4.69) is 5.32 Å². The maximum atomic E-state index is 13.5. The molecule has 0 aromatic heterocycles. The summed E-state index contributed by atoms with van der Waals surface area (Å²) in [5.41, 5.74) is 0.846. The summed E-state index contributed by atoms with van der Waals surface area (Å²) in [5, 5.41) is 2.76. The zero-order valence-corrected chi connectivity index (χ0v) is 16.1. The van der Waals surface area contributed by atoms with Crippen LogP contribution in [0.15, 0.2) is 47.4 Å². The summed E-state index contributed by atoms with van der Waals surface area (Å²) in [6.45, 7) is 2.42. The number of carbonyl (C=O) groups is 2. The fraction of sp³-hybridized carbons (Fsp3) is 0.300. The Bertz CT molecular complexity index is 860. The van der Waals surface area contributed by atoms with Crippen LogP contribution in [0.4, 0.5) is 4.39 Å². The number of ether oxygens (including phenoxy) is 3. The monoisotopic (exact) mass is 405 g/mol. The van der Waals surface area contributed by atoms with Crippen molar-refractivity contribution >= 4 is 23.6 Å². The fourth-order valence-corrected chi connectivity index (χ4v) is 3.32. The van der Waals surface area contributed by atoms with E-state index < -0.39 is 24.3 Å². The first-order valence-electron chi connectivity index (χ1n) is 8.75. The number of halogens is 1. The molecule has 0 fully saturated rings. The molecule has 2 aromatic rings. The number of carbonyl (C=O) groups excluding carboxylic acids is 2. The molecule has 6 nitrogen and oxygen atoms in total. The minimum absolute atomic E-state index is 0.0775. The van der Waals surface area contributed by atoms with Crippen LogP contribution in [0.2, 0.25) is 0 Å². The van der Waals surface area contributed by atoms with Gasteiger partial charge in [-0.3, -0.25) is 9.59 Å². The molecule has 148 valence electrons. The third-order valence-corrected chi connectivity index (χ3v) is 5.01. The molecule has 0 saturated heterocycles. The van der Waals surface area contributed by atoms with Gasteiger partial charge in [-0.2, -0.15) is 0 Å². The molecule has 3 rings (SSSR count). The highest BCUT2D eigenvalue weighted by Gasteiger charge is 2.17. The van der Waals surface area contributed by atoms with Crippen molar-refractivity contribution in [3.63, 3.8) is 0 Å². The molecular weight excluding hydrogens is 385 g/mol. The van der Waals surface area contributed by atoms with Gasteiger partial charge in [0.05, 0.1) is 11.8 Å². The maximum Gasteiger partial charge on any atom is 0.316 e. The van der Waals surface area contributed by atoms with Crippen molar-refractivity contribution in [2.45, 2.75) is 17.9 Å². The average molecular weight is 405 g/mol. The van der Waals surface area contributed by atoms with Crippen LogP contribution in [0.5, 0.6) is 11.5 Å². The van der Waals surface area contributed by atoms with Crippen molar-refractivity contribution in [3.05, 3.63) is 53.8 Å². The summed E-state index contributed by atoms with van der Waals surface area (Å²) in [5.74, 6) is -0.170. The minimum atomic E-state index is -0.588. The Balaban J connectivity index is 1.43. The minimum Gasteiger partial charge on any atom is -0.486 e. The lowest BCUT2D eigenvalue weighted by atomic mass is 10.1. The van der Waals surface area contributed by atoms with Crippen LogP contribution in [-0.4, -0.2) is 37.4 Å². The first kappa shape index (κ1) is 20.0. The van der Waals surface area contributed by atoms with Gasteiger partial charge in [0.15, 0.2) is 18.1 Å². The standard InChI is InChI=1S/C20H20FNO5S/c1-13(14-6-7-16-17(10-14)26-9-8-25-16)22-19(23)11-27-20(24)12-28-18-5-3-2-4-15(18)21/h2-7,10,13H,8-9,11-12H2,1H3,(H,22,23)/t13-/m1/s1. The fourth-order valence-electron chi connectivity index (χ4n) is 2.58. The van der Waals surface area contributed by atoms with Gasteiger partial charge in [0, 0.05) is 4.90 Å². The lowest BCUT2D eigenvalue weighted by Gasteiger charge is -2.21.